The first kappa shape index (κ1) is 21.9. The van der Waals surface area contributed by atoms with Gasteiger partial charge in [-0.2, -0.15) is 0 Å². The number of nitrogens with one attached hydrogen (secondary N) is 4. The van der Waals surface area contributed by atoms with Gasteiger partial charge >= 0.3 is 6.03 Å². The highest BCUT2D eigenvalue weighted by atomic mass is 16.2. The third-order valence-electron chi connectivity index (χ3n) is 3.68. The number of carbonyl (C=O) groups is 4. The first-order valence-electron chi connectivity index (χ1n) is 8.61. The van der Waals surface area contributed by atoms with Crippen LogP contribution in [0.5, 0.6) is 0 Å². The van der Waals surface area contributed by atoms with E-state index in [2.05, 4.69) is 21.3 Å². The van der Waals surface area contributed by atoms with E-state index in [1.807, 2.05) is 30.3 Å². The van der Waals surface area contributed by atoms with Gasteiger partial charge in [-0.1, -0.05) is 30.3 Å². The van der Waals surface area contributed by atoms with E-state index in [0.717, 1.165) is 5.56 Å². The Labute approximate surface area is 158 Å². The zero-order chi connectivity index (χ0) is 20.2. The Kier molecular flexibility index (Phi) is 9.35. The lowest BCUT2D eigenvalue weighted by Gasteiger charge is -2.18. The van der Waals surface area contributed by atoms with Crippen molar-refractivity contribution in [2.45, 2.75) is 25.9 Å². The minimum atomic E-state index is -0.561. The monoisotopic (exact) mass is 377 g/mol. The van der Waals surface area contributed by atoms with Gasteiger partial charge in [0.2, 0.25) is 17.7 Å². The second kappa shape index (κ2) is 11.5. The number of rotatable bonds is 9. The van der Waals surface area contributed by atoms with Gasteiger partial charge in [0.05, 0.1) is 13.1 Å². The van der Waals surface area contributed by atoms with Gasteiger partial charge in [-0.15, -0.1) is 0 Å². The SMILES string of the molecule is CNC(=O)CC(C)NC(=O)NCC(=O)NCC(=O)N(C)Cc1ccccc1. The van der Waals surface area contributed by atoms with Gasteiger partial charge in [-0.25, -0.2) is 4.79 Å². The third kappa shape index (κ3) is 9.24. The standard InChI is InChI=1S/C18H27N5O4/c1-13(9-15(24)19-2)22-18(27)21-10-16(25)20-11-17(26)23(3)12-14-7-5-4-6-8-14/h4-8,13H,9-12H2,1-3H3,(H,19,24)(H,20,25)(H2,21,22,27). The summed E-state index contributed by atoms with van der Waals surface area (Å²) < 4.78 is 0. The summed E-state index contributed by atoms with van der Waals surface area (Å²) in [6.45, 7) is 1.70. The van der Waals surface area contributed by atoms with Crippen molar-refractivity contribution in [3.8, 4) is 0 Å². The fraction of sp³-hybridized carbons (Fsp3) is 0.444. The number of urea groups is 1. The Morgan fingerprint density at radius 1 is 1.00 bits per heavy atom. The van der Waals surface area contributed by atoms with Crippen LogP contribution in [0, 0.1) is 0 Å². The minimum absolute atomic E-state index is 0.137. The summed E-state index contributed by atoms with van der Waals surface area (Å²) in [7, 11) is 3.17. The average Bonchev–Trinajstić information content (AvgIpc) is 2.64. The molecule has 0 aliphatic rings. The van der Waals surface area contributed by atoms with E-state index in [9.17, 15) is 19.2 Å². The molecule has 1 unspecified atom stereocenters. The van der Waals surface area contributed by atoms with E-state index in [-0.39, 0.29) is 37.4 Å². The molecule has 0 radical (unpaired) electrons. The topological polar surface area (TPSA) is 120 Å². The molecule has 1 aromatic rings. The third-order valence-corrected chi connectivity index (χ3v) is 3.68. The Morgan fingerprint density at radius 3 is 2.30 bits per heavy atom. The smallest absolute Gasteiger partial charge is 0.315 e. The molecule has 0 fully saturated rings. The average molecular weight is 377 g/mol. The first-order valence-corrected chi connectivity index (χ1v) is 8.61. The van der Waals surface area contributed by atoms with Crippen molar-refractivity contribution < 1.29 is 19.2 Å². The van der Waals surface area contributed by atoms with Crippen LogP contribution in [-0.2, 0) is 20.9 Å². The maximum absolute atomic E-state index is 12.0. The van der Waals surface area contributed by atoms with Crippen LogP contribution >= 0.6 is 0 Å². The molecule has 1 atom stereocenters. The Bertz CT molecular complexity index is 650. The van der Waals surface area contributed by atoms with E-state index in [1.54, 1.807) is 14.0 Å². The summed E-state index contributed by atoms with van der Waals surface area (Å²) in [5, 5.41) is 9.85. The van der Waals surface area contributed by atoms with Crippen LogP contribution in [0.2, 0.25) is 0 Å². The normalized spacial score (nSPS) is 11.1. The van der Waals surface area contributed by atoms with Crippen LogP contribution < -0.4 is 21.3 Å². The fourth-order valence-corrected chi connectivity index (χ4v) is 2.18. The number of carbonyl (C=O) groups excluding carboxylic acids is 4. The molecule has 9 heteroatoms. The molecule has 4 N–H and O–H groups in total. The van der Waals surface area contributed by atoms with Crippen molar-refractivity contribution in [2.75, 3.05) is 27.2 Å². The van der Waals surface area contributed by atoms with E-state index in [4.69, 9.17) is 0 Å². The van der Waals surface area contributed by atoms with Gasteiger partial charge in [0.1, 0.15) is 0 Å². The van der Waals surface area contributed by atoms with Crippen molar-refractivity contribution in [3.05, 3.63) is 35.9 Å². The number of benzene rings is 1. The van der Waals surface area contributed by atoms with Crippen molar-refractivity contribution >= 4 is 23.8 Å². The van der Waals surface area contributed by atoms with Crippen molar-refractivity contribution in [1.82, 2.24) is 26.2 Å². The van der Waals surface area contributed by atoms with Gasteiger partial charge in [0.25, 0.3) is 0 Å². The Morgan fingerprint density at radius 2 is 1.67 bits per heavy atom. The van der Waals surface area contributed by atoms with E-state index < -0.39 is 11.9 Å². The zero-order valence-corrected chi connectivity index (χ0v) is 15.9. The maximum Gasteiger partial charge on any atom is 0.315 e. The molecule has 0 saturated carbocycles. The zero-order valence-electron chi connectivity index (χ0n) is 15.9. The van der Waals surface area contributed by atoms with E-state index >= 15 is 0 Å². The molecule has 0 spiro atoms. The second-order valence-electron chi connectivity index (χ2n) is 6.12. The summed E-state index contributed by atoms with van der Waals surface area (Å²) in [5.74, 6) is -0.917. The summed E-state index contributed by atoms with van der Waals surface area (Å²) in [5.41, 5.74) is 0.990. The Balaban J connectivity index is 2.25. The first-order chi connectivity index (χ1) is 12.8. The molecule has 1 aromatic carbocycles. The molecule has 0 saturated heterocycles. The number of likely N-dealkylation sites (N-methyl/N-ethyl adjacent to an activating group) is 1. The van der Waals surface area contributed by atoms with E-state index in [1.165, 1.54) is 11.9 Å². The summed E-state index contributed by atoms with van der Waals surface area (Å²) in [6, 6.07) is 8.57. The highest BCUT2D eigenvalue weighted by Crippen LogP contribution is 2.02. The molecule has 0 aliphatic carbocycles. The predicted molar refractivity (Wildman–Crippen MR) is 101 cm³/mol. The minimum Gasteiger partial charge on any atom is -0.359 e. The maximum atomic E-state index is 12.0. The van der Waals surface area contributed by atoms with Gasteiger partial charge in [0.15, 0.2) is 0 Å². The highest BCUT2D eigenvalue weighted by Gasteiger charge is 2.13. The molecule has 27 heavy (non-hydrogen) atoms. The van der Waals surface area contributed by atoms with Crippen molar-refractivity contribution in [1.29, 1.82) is 0 Å². The molecule has 148 valence electrons. The lowest BCUT2D eigenvalue weighted by atomic mass is 10.2. The van der Waals surface area contributed by atoms with Crippen LogP contribution in [0.15, 0.2) is 30.3 Å². The quantitative estimate of drug-likeness (QED) is 0.467. The van der Waals surface area contributed by atoms with Crippen LogP contribution in [0.1, 0.15) is 18.9 Å². The molecular formula is C18H27N5O4. The van der Waals surface area contributed by atoms with Crippen molar-refractivity contribution in [3.63, 3.8) is 0 Å². The molecule has 9 nitrogen and oxygen atoms in total. The Hall–Kier alpha value is -3.10. The second-order valence-corrected chi connectivity index (χ2v) is 6.12. The fourth-order valence-electron chi connectivity index (χ4n) is 2.18. The summed E-state index contributed by atoms with van der Waals surface area (Å²) in [6.07, 6.45) is 0.137. The number of hydrogen-bond acceptors (Lipinski definition) is 4. The van der Waals surface area contributed by atoms with E-state index in [0.29, 0.717) is 6.54 Å². The lowest BCUT2D eigenvalue weighted by molar-refractivity contribution is -0.132. The molecule has 1 rings (SSSR count). The molecule has 0 aromatic heterocycles. The number of nitrogens with zero attached hydrogens (tertiary/aromatic N) is 1. The molecular weight excluding hydrogens is 350 g/mol. The lowest BCUT2D eigenvalue weighted by Crippen LogP contribution is -2.47. The number of amides is 5. The van der Waals surface area contributed by atoms with Crippen LogP contribution in [-0.4, -0.2) is 61.9 Å². The van der Waals surface area contributed by atoms with Crippen LogP contribution in [0.4, 0.5) is 4.79 Å². The molecule has 5 amide bonds. The van der Waals surface area contributed by atoms with Crippen molar-refractivity contribution in [2.24, 2.45) is 0 Å². The molecule has 0 aliphatic heterocycles. The largest absolute Gasteiger partial charge is 0.359 e. The highest BCUT2D eigenvalue weighted by molar-refractivity contribution is 5.88. The predicted octanol–water partition coefficient (Wildman–Crippen LogP) is -0.415. The van der Waals surface area contributed by atoms with Gasteiger partial charge in [-0.3, -0.25) is 14.4 Å². The summed E-state index contributed by atoms with van der Waals surface area (Å²) >= 11 is 0. The van der Waals surface area contributed by atoms with Gasteiger partial charge in [0, 0.05) is 33.1 Å². The van der Waals surface area contributed by atoms with Crippen LogP contribution in [0.25, 0.3) is 0 Å². The molecule has 0 bridgehead atoms. The van der Waals surface area contributed by atoms with Crippen LogP contribution in [0.3, 0.4) is 0 Å². The number of hydrogen-bond donors (Lipinski definition) is 4. The van der Waals surface area contributed by atoms with Gasteiger partial charge < -0.3 is 26.2 Å². The van der Waals surface area contributed by atoms with Gasteiger partial charge in [-0.05, 0) is 12.5 Å². The summed E-state index contributed by atoms with van der Waals surface area (Å²) in [4.78, 5) is 48.2. The molecule has 0 heterocycles.